The Labute approximate surface area is 149 Å². The highest BCUT2D eigenvalue weighted by molar-refractivity contribution is 9.10. The molecule has 24 heavy (non-hydrogen) atoms. The van der Waals surface area contributed by atoms with E-state index in [1.807, 2.05) is 48.7 Å². The number of halogens is 1. The van der Waals surface area contributed by atoms with Crippen molar-refractivity contribution in [1.82, 2.24) is 10.3 Å². The van der Waals surface area contributed by atoms with E-state index in [0.29, 0.717) is 12.3 Å². The number of carbonyl (C=O) groups excluding carboxylic acids is 1. The molecule has 2 N–H and O–H groups in total. The zero-order valence-electron chi connectivity index (χ0n) is 13.4. The molecule has 2 aromatic carbocycles. The number of aromatic nitrogens is 1. The highest BCUT2D eigenvalue weighted by Gasteiger charge is 2.14. The van der Waals surface area contributed by atoms with Gasteiger partial charge in [-0.3, -0.25) is 4.79 Å². The first-order valence-corrected chi connectivity index (χ1v) is 8.68. The van der Waals surface area contributed by atoms with E-state index in [4.69, 9.17) is 4.74 Å². The maximum Gasteiger partial charge on any atom is 0.260 e. The molecule has 1 aromatic heterocycles. The molecule has 0 radical (unpaired) electrons. The Hall–Kier alpha value is -2.27. The van der Waals surface area contributed by atoms with Crippen LogP contribution in [-0.2, 0) is 11.2 Å². The summed E-state index contributed by atoms with van der Waals surface area (Å²) >= 11 is 3.37. The molecule has 4 nitrogen and oxygen atoms in total. The summed E-state index contributed by atoms with van der Waals surface area (Å²) in [6.07, 6.45) is 2.24. The molecular formula is C19H19BrN2O2. The normalized spacial score (nSPS) is 12.1. The van der Waals surface area contributed by atoms with E-state index in [2.05, 4.69) is 32.3 Å². The number of carbonyl (C=O) groups is 1. The van der Waals surface area contributed by atoms with E-state index in [0.717, 1.165) is 16.4 Å². The van der Waals surface area contributed by atoms with Crippen LogP contribution in [-0.4, -0.2) is 23.5 Å². The highest BCUT2D eigenvalue weighted by Crippen LogP contribution is 2.18. The zero-order valence-corrected chi connectivity index (χ0v) is 15.0. The number of hydrogen-bond donors (Lipinski definition) is 2. The summed E-state index contributed by atoms with van der Waals surface area (Å²) < 4.78 is 6.63. The fourth-order valence-electron chi connectivity index (χ4n) is 2.57. The van der Waals surface area contributed by atoms with Crippen LogP contribution in [0.5, 0.6) is 5.75 Å². The molecule has 124 valence electrons. The summed E-state index contributed by atoms with van der Waals surface area (Å²) in [5, 5.41) is 4.13. The van der Waals surface area contributed by atoms with Gasteiger partial charge >= 0.3 is 0 Å². The summed E-state index contributed by atoms with van der Waals surface area (Å²) in [7, 11) is 0. The smallest absolute Gasteiger partial charge is 0.260 e. The molecule has 5 heteroatoms. The van der Waals surface area contributed by atoms with Gasteiger partial charge in [0.05, 0.1) is 0 Å². The summed E-state index contributed by atoms with van der Waals surface area (Å²) in [6.45, 7) is 2.33. The van der Waals surface area contributed by atoms with Crippen LogP contribution in [0, 0.1) is 0 Å². The molecule has 3 aromatic rings. The molecule has 0 bridgehead atoms. The molecule has 1 atom stereocenters. The first kappa shape index (κ1) is 16.6. The largest absolute Gasteiger partial charge is 0.481 e. The van der Waals surface area contributed by atoms with Gasteiger partial charge in [-0.1, -0.05) is 34.1 Å². The van der Waals surface area contributed by atoms with E-state index >= 15 is 0 Å². The molecule has 3 rings (SSSR count). The van der Waals surface area contributed by atoms with E-state index in [1.54, 1.807) is 6.92 Å². The molecule has 0 saturated carbocycles. The molecule has 0 aliphatic heterocycles. The second kappa shape index (κ2) is 7.53. The second-order valence-corrected chi connectivity index (χ2v) is 6.53. The van der Waals surface area contributed by atoms with Crippen molar-refractivity contribution in [3.05, 3.63) is 64.8 Å². The Balaban J connectivity index is 1.50. The number of ether oxygens (including phenoxy) is 1. The van der Waals surface area contributed by atoms with Crippen molar-refractivity contribution < 1.29 is 9.53 Å². The van der Waals surface area contributed by atoms with Crippen LogP contribution in [0.25, 0.3) is 10.9 Å². The third-order valence-corrected chi connectivity index (χ3v) is 4.39. The van der Waals surface area contributed by atoms with Crippen molar-refractivity contribution in [2.24, 2.45) is 0 Å². The van der Waals surface area contributed by atoms with Crippen LogP contribution in [0.4, 0.5) is 0 Å². The second-order valence-electron chi connectivity index (χ2n) is 5.61. The Morgan fingerprint density at radius 2 is 1.96 bits per heavy atom. The Morgan fingerprint density at radius 1 is 1.21 bits per heavy atom. The van der Waals surface area contributed by atoms with Crippen molar-refractivity contribution >= 4 is 32.7 Å². The lowest BCUT2D eigenvalue weighted by Gasteiger charge is -2.14. The van der Waals surface area contributed by atoms with Crippen molar-refractivity contribution in [3.63, 3.8) is 0 Å². The topological polar surface area (TPSA) is 54.1 Å². The predicted octanol–water partition coefficient (Wildman–Crippen LogP) is 4.06. The zero-order chi connectivity index (χ0) is 16.9. The third kappa shape index (κ3) is 3.97. The quantitative estimate of drug-likeness (QED) is 0.670. The average Bonchev–Trinajstić information content (AvgIpc) is 3.00. The van der Waals surface area contributed by atoms with Crippen molar-refractivity contribution in [2.75, 3.05) is 6.54 Å². The maximum absolute atomic E-state index is 12.2. The van der Waals surface area contributed by atoms with Gasteiger partial charge in [-0.05, 0) is 49.2 Å². The van der Waals surface area contributed by atoms with Gasteiger partial charge in [0.1, 0.15) is 5.75 Å². The van der Waals surface area contributed by atoms with Crippen LogP contribution >= 0.6 is 15.9 Å². The molecular weight excluding hydrogens is 368 g/mol. The summed E-state index contributed by atoms with van der Waals surface area (Å²) in [5.41, 5.74) is 2.32. The van der Waals surface area contributed by atoms with Gasteiger partial charge in [0.2, 0.25) is 0 Å². The summed E-state index contributed by atoms with van der Waals surface area (Å²) in [6, 6.07) is 15.6. The minimum Gasteiger partial charge on any atom is -0.481 e. The molecule has 0 saturated heterocycles. The lowest BCUT2D eigenvalue weighted by Crippen LogP contribution is -2.37. The number of nitrogens with one attached hydrogen (secondary N) is 2. The fraction of sp³-hybridized carbons (Fsp3) is 0.211. The van der Waals surface area contributed by atoms with Gasteiger partial charge in [-0.2, -0.15) is 0 Å². The molecule has 0 aliphatic carbocycles. The molecule has 1 heterocycles. The number of benzene rings is 2. The molecule has 1 unspecified atom stereocenters. The third-order valence-electron chi connectivity index (χ3n) is 3.86. The fourth-order valence-corrected chi connectivity index (χ4v) is 2.84. The highest BCUT2D eigenvalue weighted by atomic mass is 79.9. The van der Waals surface area contributed by atoms with E-state index in [9.17, 15) is 4.79 Å². The number of hydrogen-bond acceptors (Lipinski definition) is 2. The first-order valence-electron chi connectivity index (χ1n) is 7.88. The minimum absolute atomic E-state index is 0.113. The number of para-hydroxylation sites is 1. The summed E-state index contributed by atoms with van der Waals surface area (Å²) in [5.74, 6) is 0.565. The van der Waals surface area contributed by atoms with Crippen LogP contribution in [0.3, 0.4) is 0 Å². The van der Waals surface area contributed by atoms with Gasteiger partial charge in [-0.25, -0.2) is 0 Å². The van der Waals surface area contributed by atoms with E-state index in [-0.39, 0.29) is 5.91 Å². The van der Waals surface area contributed by atoms with Gasteiger partial charge in [0.15, 0.2) is 6.10 Å². The van der Waals surface area contributed by atoms with Crippen molar-refractivity contribution in [3.8, 4) is 5.75 Å². The molecule has 0 fully saturated rings. The molecule has 1 amide bonds. The van der Waals surface area contributed by atoms with Crippen LogP contribution in [0.15, 0.2) is 59.2 Å². The number of fused-ring (bicyclic) bond motifs is 1. The maximum atomic E-state index is 12.2. The average molecular weight is 387 g/mol. The Morgan fingerprint density at radius 3 is 2.75 bits per heavy atom. The van der Waals surface area contributed by atoms with Crippen LogP contribution in [0.1, 0.15) is 12.5 Å². The molecule has 0 aliphatic rings. The first-order chi connectivity index (χ1) is 11.6. The van der Waals surface area contributed by atoms with Crippen LogP contribution in [0.2, 0.25) is 0 Å². The number of aromatic amines is 1. The molecule has 0 spiro atoms. The predicted molar refractivity (Wildman–Crippen MR) is 99.2 cm³/mol. The van der Waals surface area contributed by atoms with Gasteiger partial charge in [0, 0.05) is 28.1 Å². The monoisotopic (exact) mass is 386 g/mol. The Bertz CT molecular complexity index is 827. The minimum atomic E-state index is -0.533. The number of H-pyrrole nitrogens is 1. The van der Waals surface area contributed by atoms with Gasteiger partial charge in [-0.15, -0.1) is 0 Å². The lowest BCUT2D eigenvalue weighted by molar-refractivity contribution is -0.127. The Kier molecular flexibility index (Phi) is 5.20. The van der Waals surface area contributed by atoms with Crippen molar-refractivity contribution in [1.29, 1.82) is 0 Å². The standard InChI is InChI=1S/C19H19BrN2O2/c1-13(24-16-8-6-15(20)7-9-16)19(23)21-11-10-14-12-22-18-5-3-2-4-17(14)18/h2-9,12-13,22H,10-11H2,1H3,(H,21,23). The lowest BCUT2D eigenvalue weighted by atomic mass is 10.1. The van der Waals surface area contributed by atoms with Crippen LogP contribution < -0.4 is 10.1 Å². The SMILES string of the molecule is CC(Oc1ccc(Br)cc1)C(=O)NCCc1c[nH]c2ccccc12. The number of amides is 1. The summed E-state index contributed by atoms with van der Waals surface area (Å²) in [4.78, 5) is 15.4. The van der Waals surface area contributed by atoms with E-state index < -0.39 is 6.10 Å². The van der Waals surface area contributed by atoms with Gasteiger partial charge < -0.3 is 15.0 Å². The van der Waals surface area contributed by atoms with E-state index in [1.165, 1.54) is 10.9 Å². The number of rotatable bonds is 6. The van der Waals surface area contributed by atoms with Crippen molar-refractivity contribution in [2.45, 2.75) is 19.4 Å². The van der Waals surface area contributed by atoms with Gasteiger partial charge in [0.25, 0.3) is 5.91 Å².